The first-order valence-corrected chi connectivity index (χ1v) is 6.96. The highest BCUT2D eigenvalue weighted by molar-refractivity contribution is 6.40. The number of benzene rings is 1. The quantitative estimate of drug-likeness (QED) is 0.590. The summed E-state index contributed by atoms with van der Waals surface area (Å²) >= 11 is 0. The fourth-order valence-electron chi connectivity index (χ4n) is 3.14. The molecule has 0 unspecified atom stereocenters. The summed E-state index contributed by atoms with van der Waals surface area (Å²) < 4.78 is 0. The summed E-state index contributed by atoms with van der Waals surface area (Å²) in [7, 11) is 0. The zero-order valence-corrected chi connectivity index (χ0v) is 12.5. The molecule has 0 bridgehead atoms. The standard InChI is InChI=1S/C18H14O4/c1-9-4-5-10(8-19)13-12(9)16(21)14-11(20)6-7-18(2,3)15(14)17(13)22/h4-8H,1-3H3. The fourth-order valence-corrected chi connectivity index (χ4v) is 3.14. The molecule has 1 aromatic carbocycles. The van der Waals surface area contributed by atoms with Crippen molar-refractivity contribution in [1.82, 2.24) is 0 Å². The van der Waals surface area contributed by atoms with Gasteiger partial charge in [-0.05, 0) is 18.6 Å². The number of carbonyl (C=O) groups is 4. The van der Waals surface area contributed by atoms with Crippen LogP contribution in [0, 0.1) is 12.3 Å². The Morgan fingerprint density at radius 1 is 1.00 bits per heavy atom. The van der Waals surface area contributed by atoms with Crippen LogP contribution in [0.5, 0.6) is 0 Å². The van der Waals surface area contributed by atoms with E-state index in [9.17, 15) is 19.2 Å². The lowest BCUT2D eigenvalue weighted by Gasteiger charge is -2.33. The van der Waals surface area contributed by atoms with E-state index in [1.165, 1.54) is 12.1 Å². The molecule has 1 aromatic rings. The predicted molar refractivity (Wildman–Crippen MR) is 80.2 cm³/mol. The third-order valence-electron chi connectivity index (χ3n) is 4.27. The summed E-state index contributed by atoms with van der Waals surface area (Å²) in [6, 6.07) is 3.15. The van der Waals surface area contributed by atoms with E-state index in [-0.39, 0.29) is 27.8 Å². The largest absolute Gasteiger partial charge is 0.298 e. The Bertz CT molecular complexity index is 835. The van der Waals surface area contributed by atoms with Crippen molar-refractivity contribution in [1.29, 1.82) is 0 Å². The van der Waals surface area contributed by atoms with E-state index in [1.807, 2.05) is 0 Å². The zero-order chi connectivity index (χ0) is 16.2. The Labute approximate surface area is 127 Å². The molecule has 110 valence electrons. The lowest BCUT2D eigenvalue weighted by atomic mass is 9.67. The molecule has 0 heterocycles. The molecular weight excluding hydrogens is 280 g/mol. The van der Waals surface area contributed by atoms with Crippen LogP contribution in [0.3, 0.4) is 0 Å². The second-order valence-electron chi connectivity index (χ2n) is 6.17. The number of Topliss-reactive ketones (excluding diaryl/α,β-unsaturated/α-hetero) is 2. The van der Waals surface area contributed by atoms with Gasteiger partial charge in [0, 0.05) is 27.7 Å². The lowest BCUT2D eigenvalue weighted by molar-refractivity contribution is -0.111. The highest BCUT2D eigenvalue weighted by Gasteiger charge is 2.44. The number of hydrogen-bond acceptors (Lipinski definition) is 4. The summed E-state index contributed by atoms with van der Waals surface area (Å²) in [5.41, 5.74) is 0.469. The molecule has 0 aliphatic heterocycles. The molecule has 4 nitrogen and oxygen atoms in total. The average Bonchev–Trinajstić information content (AvgIpc) is 2.46. The van der Waals surface area contributed by atoms with Crippen LogP contribution in [0.25, 0.3) is 0 Å². The van der Waals surface area contributed by atoms with Crippen molar-refractivity contribution in [3.05, 3.63) is 57.7 Å². The van der Waals surface area contributed by atoms with Gasteiger partial charge in [-0.1, -0.05) is 32.1 Å². The molecule has 0 radical (unpaired) electrons. The maximum absolute atomic E-state index is 12.9. The van der Waals surface area contributed by atoms with E-state index in [1.54, 1.807) is 32.9 Å². The van der Waals surface area contributed by atoms with Crippen molar-refractivity contribution in [2.24, 2.45) is 5.41 Å². The number of aryl methyl sites for hydroxylation is 1. The van der Waals surface area contributed by atoms with E-state index in [0.717, 1.165) is 0 Å². The topological polar surface area (TPSA) is 68.3 Å². The van der Waals surface area contributed by atoms with Gasteiger partial charge in [-0.2, -0.15) is 0 Å². The van der Waals surface area contributed by atoms with Gasteiger partial charge in [-0.15, -0.1) is 0 Å². The lowest BCUT2D eigenvalue weighted by Crippen LogP contribution is -2.36. The van der Waals surface area contributed by atoms with Gasteiger partial charge in [0.15, 0.2) is 23.6 Å². The van der Waals surface area contributed by atoms with Gasteiger partial charge < -0.3 is 0 Å². The van der Waals surface area contributed by atoms with Crippen molar-refractivity contribution in [2.45, 2.75) is 20.8 Å². The molecule has 0 aromatic heterocycles. The fraction of sp³-hybridized carbons (Fsp3) is 0.222. The minimum atomic E-state index is -0.725. The summed E-state index contributed by atoms with van der Waals surface area (Å²) in [4.78, 5) is 49.2. The van der Waals surface area contributed by atoms with Crippen LogP contribution in [0.15, 0.2) is 35.4 Å². The van der Waals surface area contributed by atoms with Crippen LogP contribution in [0.2, 0.25) is 0 Å². The van der Waals surface area contributed by atoms with Crippen LogP contribution in [-0.4, -0.2) is 23.6 Å². The number of aldehydes is 1. The highest BCUT2D eigenvalue weighted by Crippen LogP contribution is 2.42. The molecule has 0 atom stereocenters. The number of ketones is 3. The Hall–Kier alpha value is -2.62. The van der Waals surface area contributed by atoms with Gasteiger partial charge in [-0.25, -0.2) is 0 Å². The molecule has 0 N–H and O–H groups in total. The second-order valence-corrected chi connectivity index (χ2v) is 6.17. The summed E-state index contributed by atoms with van der Waals surface area (Å²) in [5.74, 6) is -1.32. The summed E-state index contributed by atoms with van der Waals surface area (Å²) in [6.07, 6.45) is 3.54. The maximum Gasteiger partial charge on any atom is 0.198 e. The first-order chi connectivity index (χ1) is 10.3. The van der Waals surface area contributed by atoms with E-state index < -0.39 is 22.8 Å². The van der Waals surface area contributed by atoms with Gasteiger partial charge in [-0.3, -0.25) is 19.2 Å². The van der Waals surface area contributed by atoms with E-state index >= 15 is 0 Å². The van der Waals surface area contributed by atoms with Crippen molar-refractivity contribution >= 4 is 23.6 Å². The van der Waals surface area contributed by atoms with Crippen molar-refractivity contribution < 1.29 is 19.2 Å². The highest BCUT2D eigenvalue weighted by atomic mass is 16.2. The van der Waals surface area contributed by atoms with Crippen LogP contribution in [-0.2, 0) is 4.79 Å². The number of rotatable bonds is 1. The van der Waals surface area contributed by atoms with Crippen molar-refractivity contribution in [2.75, 3.05) is 0 Å². The normalized spacial score (nSPS) is 19.1. The van der Waals surface area contributed by atoms with E-state index in [2.05, 4.69) is 0 Å². The molecule has 2 aliphatic rings. The van der Waals surface area contributed by atoms with E-state index in [0.29, 0.717) is 11.8 Å². The molecule has 0 saturated carbocycles. The van der Waals surface area contributed by atoms with Gasteiger partial charge in [0.2, 0.25) is 0 Å². The number of allylic oxidation sites excluding steroid dienone is 4. The molecule has 0 fully saturated rings. The predicted octanol–water partition coefficient (Wildman–Crippen LogP) is 2.65. The zero-order valence-electron chi connectivity index (χ0n) is 12.5. The Morgan fingerprint density at radius 3 is 2.32 bits per heavy atom. The van der Waals surface area contributed by atoms with Gasteiger partial charge >= 0.3 is 0 Å². The maximum atomic E-state index is 12.9. The molecule has 3 rings (SSSR count). The average molecular weight is 294 g/mol. The number of carbonyl (C=O) groups excluding carboxylic acids is 4. The molecule has 0 amide bonds. The second kappa shape index (κ2) is 4.44. The minimum Gasteiger partial charge on any atom is -0.298 e. The summed E-state index contributed by atoms with van der Waals surface area (Å²) in [5, 5.41) is 0. The molecule has 0 spiro atoms. The molecule has 4 heteroatoms. The Balaban J connectivity index is 2.41. The minimum absolute atomic E-state index is 0.0591. The Morgan fingerprint density at radius 2 is 1.68 bits per heavy atom. The molecule has 0 saturated heterocycles. The van der Waals surface area contributed by atoms with Crippen molar-refractivity contribution in [3.8, 4) is 0 Å². The van der Waals surface area contributed by atoms with Crippen LogP contribution < -0.4 is 0 Å². The molecule has 22 heavy (non-hydrogen) atoms. The van der Waals surface area contributed by atoms with E-state index in [4.69, 9.17) is 0 Å². The van der Waals surface area contributed by atoms with Gasteiger partial charge in [0.1, 0.15) is 0 Å². The number of hydrogen-bond donors (Lipinski definition) is 0. The van der Waals surface area contributed by atoms with Crippen molar-refractivity contribution in [3.63, 3.8) is 0 Å². The number of fused-ring (bicyclic) bond motifs is 1. The molecular formula is C18H14O4. The third-order valence-corrected chi connectivity index (χ3v) is 4.27. The first-order valence-electron chi connectivity index (χ1n) is 6.96. The Kier molecular flexibility index (Phi) is 2.89. The van der Waals surface area contributed by atoms with Crippen LogP contribution >= 0.6 is 0 Å². The van der Waals surface area contributed by atoms with Crippen LogP contribution in [0.1, 0.15) is 50.5 Å². The van der Waals surface area contributed by atoms with Gasteiger partial charge in [0.25, 0.3) is 0 Å². The summed E-state index contributed by atoms with van der Waals surface area (Å²) in [6.45, 7) is 5.24. The van der Waals surface area contributed by atoms with Crippen LogP contribution in [0.4, 0.5) is 0 Å². The third kappa shape index (κ3) is 1.70. The van der Waals surface area contributed by atoms with Gasteiger partial charge in [0.05, 0.1) is 5.57 Å². The first kappa shape index (κ1) is 14.3. The monoisotopic (exact) mass is 294 g/mol. The molecule has 2 aliphatic carbocycles. The smallest absolute Gasteiger partial charge is 0.198 e. The SMILES string of the molecule is Cc1ccc(C=O)c2c1C(=O)C1=C(C2=O)C(C)(C)C=CC1=O.